The van der Waals surface area contributed by atoms with Crippen molar-refractivity contribution in [2.75, 3.05) is 6.61 Å². The summed E-state index contributed by atoms with van der Waals surface area (Å²) >= 11 is 0. The van der Waals surface area contributed by atoms with E-state index in [0.717, 1.165) is 5.56 Å². The average molecular weight is 365 g/mol. The second kappa shape index (κ2) is 8.31. The summed E-state index contributed by atoms with van der Waals surface area (Å²) in [4.78, 5) is 27.8. The molecule has 0 radical (unpaired) electrons. The van der Waals surface area contributed by atoms with Gasteiger partial charge in [0, 0.05) is 18.4 Å². The molecule has 6 heteroatoms. The van der Waals surface area contributed by atoms with E-state index >= 15 is 0 Å². The van der Waals surface area contributed by atoms with Crippen molar-refractivity contribution in [2.24, 2.45) is 0 Å². The molecule has 2 aromatic carbocycles. The van der Waals surface area contributed by atoms with Gasteiger partial charge in [-0.25, -0.2) is 9.78 Å². The molecule has 0 aliphatic rings. The molecule has 1 heterocycles. The first-order chi connectivity index (χ1) is 13.1. The number of rotatable bonds is 6. The van der Waals surface area contributed by atoms with Gasteiger partial charge in [0.05, 0.1) is 12.1 Å². The van der Waals surface area contributed by atoms with Crippen LogP contribution in [0, 0.1) is 0 Å². The van der Waals surface area contributed by atoms with Crippen molar-refractivity contribution < 1.29 is 23.8 Å². The van der Waals surface area contributed by atoms with Crippen molar-refractivity contribution in [2.45, 2.75) is 20.5 Å². The summed E-state index contributed by atoms with van der Waals surface area (Å²) in [6, 6.07) is 16.4. The van der Waals surface area contributed by atoms with Gasteiger partial charge in [0.25, 0.3) is 0 Å². The maximum absolute atomic E-state index is 12.0. The van der Waals surface area contributed by atoms with Crippen molar-refractivity contribution in [3.63, 3.8) is 0 Å². The summed E-state index contributed by atoms with van der Waals surface area (Å²) in [6.07, 6.45) is 0. The Morgan fingerprint density at radius 1 is 1.04 bits per heavy atom. The molecule has 3 rings (SSSR count). The van der Waals surface area contributed by atoms with Gasteiger partial charge >= 0.3 is 11.9 Å². The molecule has 0 N–H and O–H groups in total. The number of hydrogen-bond donors (Lipinski definition) is 0. The maximum Gasteiger partial charge on any atom is 0.357 e. The van der Waals surface area contributed by atoms with E-state index in [4.69, 9.17) is 14.2 Å². The van der Waals surface area contributed by atoms with E-state index in [9.17, 15) is 9.59 Å². The zero-order valence-electron chi connectivity index (χ0n) is 15.1. The first-order valence-corrected chi connectivity index (χ1v) is 8.54. The van der Waals surface area contributed by atoms with Crippen LogP contribution in [-0.4, -0.2) is 23.5 Å². The molecule has 0 aliphatic carbocycles. The average Bonchev–Trinajstić information content (AvgIpc) is 2.67. The highest BCUT2D eigenvalue weighted by molar-refractivity contribution is 5.95. The first-order valence-electron chi connectivity index (χ1n) is 8.54. The number of ether oxygens (including phenoxy) is 3. The van der Waals surface area contributed by atoms with Crippen LogP contribution in [0.3, 0.4) is 0 Å². The molecule has 27 heavy (non-hydrogen) atoms. The Morgan fingerprint density at radius 3 is 2.52 bits per heavy atom. The fourth-order valence-corrected chi connectivity index (χ4v) is 2.55. The largest absolute Gasteiger partial charge is 0.489 e. The van der Waals surface area contributed by atoms with Crippen LogP contribution in [0.4, 0.5) is 0 Å². The third-order valence-electron chi connectivity index (χ3n) is 3.73. The minimum Gasteiger partial charge on any atom is -0.489 e. The quantitative estimate of drug-likeness (QED) is 0.617. The molecule has 0 saturated heterocycles. The second-order valence-corrected chi connectivity index (χ2v) is 5.77. The molecule has 138 valence electrons. The highest BCUT2D eigenvalue weighted by Gasteiger charge is 2.16. The number of carbonyl (C=O) groups is 2. The highest BCUT2D eigenvalue weighted by atomic mass is 16.5. The monoisotopic (exact) mass is 365 g/mol. The Balaban J connectivity index is 1.94. The molecular weight excluding hydrogens is 346 g/mol. The van der Waals surface area contributed by atoms with Crippen LogP contribution in [0.1, 0.15) is 29.9 Å². The third kappa shape index (κ3) is 4.61. The van der Waals surface area contributed by atoms with Gasteiger partial charge in [-0.3, -0.25) is 4.79 Å². The van der Waals surface area contributed by atoms with Gasteiger partial charge in [-0.15, -0.1) is 0 Å². The molecule has 0 amide bonds. The Hall–Kier alpha value is -3.41. The number of benzene rings is 2. The molecule has 3 aromatic rings. The molecule has 0 unspecified atom stereocenters. The van der Waals surface area contributed by atoms with E-state index in [1.54, 1.807) is 25.1 Å². The van der Waals surface area contributed by atoms with Gasteiger partial charge in [0.2, 0.25) is 0 Å². The lowest BCUT2D eigenvalue weighted by molar-refractivity contribution is -0.131. The molecule has 1 aromatic heterocycles. The van der Waals surface area contributed by atoms with Crippen LogP contribution in [-0.2, 0) is 16.1 Å². The zero-order chi connectivity index (χ0) is 19.2. The molecule has 0 spiro atoms. The van der Waals surface area contributed by atoms with E-state index in [1.165, 1.54) is 13.0 Å². The molecule has 0 aliphatic heterocycles. The maximum atomic E-state index is 12.0. The SMILES string of the molecule is CCOC(=O)c1cc(OC(C)=O)c2cc(OCc3ccccc3)ccc2n1. The molecule has 6 nitrogen and oxygen atoms in total. The summed E-state index contributed by atoms with van der Waals surface area (Å²) in [6.45, 7) is 3.64. The van der Waals surface area contributed by atoms with Crippen LogP contribution in [0.5, 0.6) is 11.5 Å². The van der Waals surface area contributed by atoms with E-state index in [2.05, 4.69) is 4.98 Å². The lowest BCUT2D eigenvalue weighted by Crippen LogP contribution is -2.09. The molecule has 0 atom stereocenters. The predicted octanol–water partition coefficient (Wildman–Crippen LogP) is 3.92. The van der Waals surface area contributed by atoms with Crippen LogP contribution in [0.25, 0.3) is 10.9 Å². The lowest BCUT2D eigenvalue weighted by Gasteiger charge is -2.11. The summed E-state index contributed by atoms with van der Waals surface area (Å²) in [5.74, 6) is -0.226. The van der Waals surface area contributed by atoms with Gasteiger partial charge < -0.3 is 14.2 Å². The van der Waals surface area contributed by atoms with Gasteiger partial charge in [-0.2, -0.15) is 0 Å². The minimum absolute atomic E-state index is 0.0820. The highest BCUT2D eigenvalue weighted by Crippen LogP contribution is 2.30. The second-order valence-electron chi connectivity index (χ2n) is 5.77. The molecule has 0 saturated carbocycles. The smallest absolute Gasteiger partial charge is 0.357 e. The van der Waals surface area contributed by atoms with E-state index in [-0.39, 0.29) is 18.1 Å². The van der Waals surface area contributed by atoms with Gasteiger partial charge in [-0.1, -0.05) is 30.3 Å². The van der Waals surface area contributed by atoms with Crippen molar-refractivity contribution in [3.8, 4) is 11.5 Å². The Kier molecular flexibility index (Phi) is 5.66. The fourth-order valence-electron chi connectivity index (χ4n) is 2.55. The van der Waals surface area contributed by atoms with Crippen molar-refractivity contribution in [1.82, 2.24) is 4.98 Å². The summed E-state index contributed by atoms with van der Waals surface area (Å²) in [7, 11) is 0. The van der Waals surface area contributed by atoms with Gasteiger partial charge in [-0.05, 0) is 30.7 Å². The third-order valence-corrected chi connectivity index (χ3v) is 3.73. The molecule has 0 fully saturated rings. The number of carbonyl (C=O) groups excluding carboxylic acids is 2. The van der Waals surface area contributed by atoms with Gasteiger partial charge in [0.15, 0.2) is 5.69 Å². The van der Waals surface area contributed by atoms with E-state index in [0.29, 0.717) is 23.3 Å². The number of pyridine rings is 1. The Morgan fingerprint density at radius 2 is 1.81 bits per heavy atom. The number of fused-ring (bicyclic) bond motifs is 1. The van der Waals surface area contributed by atoms with E-state index in [1.807, 2.05) is 30.3 Å². The number of hydrogen-bond acceptors (Lipinski definition) is 6. The predicted molar refractivity (Wildman–Crippen MR) is 99.8 cm³/mol. The van der Waals surface area contributed by atoms with Crippen LogP contribution in [0.2, 0.25) is 0 Å². The zero-order valence-corrected chi connectivity index (χ0v) is 15.1. The van der Waals surface area contributed by atoms with Crippen molar-refractivity contribution in [3.05, 3.63) is 65.9 Å². The summed E-state index contributed by atoms with van der Waals surface area (Å²) in [5.41, 5.74) is 1.62. The normalized spacial score (nSPS) is 10.4. The van der Waals surface area contributed by atoms with Crippen molar-refractivity contribution >= 4 is 22.8 Å². The summed E-state index contributed by atoms with van der Waals surface area (Å²) < 4.78 is 16.1. The number of nitrogens with zero attached hydrogens (tertiary/aromatic N) is 1. The fraction of sp³-hybridized carbons (Fsp3) is 0.190. The molecule has 0 bridgehead atoms. The van der Waals surface area contributed by atoms with Crippen LogP contribution >= 0.6 is 0 Å². The number of aromatic nitrogens is 1. The standard InChI is InChI=1S/C21H19NO5/c1-3-25-21(24)19-12-20(27-14(2)23)17-11-16(9-10-18(17)22-19)26-13-15-7-5-4-6-8-15/h4-12H,3,13H2,1-2H3. The Labute approximate surface area is 156 Å². The van der Waals surface area contributed by atoms with Gasteiger partial charge in [0.1, 0.15) is 18.1 Å². The number of esters is 2. The first kappa shape index (κ1) is 18.4. The van der Waals surface area contributed by atoms with E-state index < -0.39 is 11.9 Å². The van der Waals surface area contributed by atoms with Crippen LogP contribution in [0.15, 0.2) is 54.6 Å². The summed E-state index contributed by atoms with van der Waals surface area (Å²) in [5, 5.41) is 0.573. The Bertz CT molecular complexity index is 969. The topological polar surface area (TPSA) is 74.7 Å². The van der Waals surface area contributed by atoms with Crippen LogP contribution < -0.4 is 9.47 Å². The van der Waals surface area contributed by atoms with Crippen molar-refractivity contribution in [1.29, 1.82) is 0 Å². The lowest BCUT2D eigenvalue weighted by atomic mass is 10.1. The molecular formula is C21H19NO5. The minimum atomic E-state index is -0.572.